The molecule has 0 spiro atoms. The number of alkyl halides is 2. The first-order valence-electron chi connectivity index (χ1n) is 9.34. The number of aryl methyl sites for hydroxylation is 1. The quantitative estimate of drug-likeness (QED) is 0.832. The maximum Gasteiger partial charge on any atom is 0.326 e. The predicted octanol–water partition coefficient (Wildman–Crippen LogP) is 3.89. The maximum absolute atomic E-state index is 13.3. The molecule has 2 atom stereocenters. The minimum absolute atomic E-state index is 0.0945. The van der Waals surface area contributed by atoms with E-state index >= 15 is 0 Å². The summed E-state index contributed by atoms with van der Waals surface area (Å²) < 4.78 is 26.5. The second kappa shape index (κ2) is 7.72. The Kier molecular flexibility index (Phi) is 5.58. The molecular formula is C20H25F2NO3. The highest BCUT2D eigenvalue weighted by Crippen LogP contribution is 2.37. The molecule has 142 valence electrons. The molecule has 2 aliphatic rings. The van der Waals surface area contributed by atoms with Crippen LogP contribution in [0.2, 0.25) is 0 Å². The molecular weight excluding hydrogens is 340 g/mol. The number of halogens is 2. The van der Waals surface area contributed by atoms with Crippen LogP contribution in [0.15, 0.2) is 24.3 Å². The van der Waals surface area contributed by atoms with E-state index in [2.05, 4.69) is 11.4 Å². The monoisotopic (exact) mass is 365 g/mol. The van der Waals surface area contributed by atoms with Crippen LogP contribution in [-0.4, -0.2) is 28.9 Å². The minimum atomic E-state index is -2.70. The molecule has 1 fully saturated rings. The van der Waals surface area contributed by atoms with E-state index < -0.39 is 29.8 Å². The Morgan fingerprint density at radius 1 is 1.19 bits per heavy atom. The topological polar surface area (TPSA) is 66.4 Å². The first-order chi connectivity index (χ1) is 12.4. The van der Waals surface area contributed by atoms with E-state index in [0.29, 0.717) is 6.42 Å². The number of benzene rings is 1. The fourth-order valence-corrected chi connectivity index (χ4v) is 4.20. The van der Waals surface area contributed by atoms with Gasteiger partial charge in [-0.15, -0.1) is 0 Å². The number of fused-ring (bicyclic) bond motifs is 1. The summed E-state index contributed by atoms with van der Waals surface area (Å²) in [6, 6.07) is 7.05. The van der Waals surface area contributed by atoms with Crippen molar-refractivity contribution in [1.82, 2.24) is 5.32 Å². The lowest BCUT2D eigenvalue weighted by Gasteiger charge is -2.30. The Morgan fingerprint density at radius 2 is 1.88 bits per heavy atom. The molecule has 0 saturated heterocycles. The van der Waals surface area contributed by atoms with Gasteiger partial charge in [-0.1, -0.05) is 24.3 Å². The number of carbonyl (C=O) groups is 2. The number of carboxylic acid groups (broad SMARTS) is 1. The van der Waals surface area contributed by atoms with Gasteiger partial charge >= 0.3 is 5.97 Å². The summed E-state index contributed by atoms with van der Waals surface area (Å²) in [6.07, 6.45) is 2.83. The zero-order valence-corrected chi connectivity index (χ0v) is 14.7. The third-order valence-electron chi connectivity index (χ3n) is 5.72. The lowest BCUT2D eigenvalue weighted by Crippen LogP contribution is -2.45. The molecule has 0 heterocycles. The zero-order chi connectivity index (χ0) is 18.7. The third kappa shape index (κ3) is 4.40. The molecule has 2 N–H and O–H groups in total. The van der Waals surface area contributed by atoms with Gasteiger partial charge in [0, 0.05) is 18.8 Å². The lowest BCUT2D eigenvalue weighted by molar-refractivity contribution is -0.143. The molecule has 1 saturated carbocycles. The molecule has 0 bridgehead atoms. The standard InChI is InChI=1S/C20H25F2NO3/c21-20(22)10-8-14(9-11-20)18(24)23-17(19(25)26)12-15-6-3-5-13-4-1-2-7-16(13)15/h1-2,4,7,14-15,17H,3,5-6,8-12H2,(H,23,24)(H,25,26). The molecule has 0 aromatic heterocycles. The van der Waals surface area contributed by atoms with Crippen LogP contribution in [0.1, 0.15) is 62.0 Å². The lowest BCUT2D eigenvalue weighted by atomic mass is 9.79. The largest absolute Gasteiger partial charge is 0.480 e. The second-order valence-corrected chi connectivity index (χ2v) is 7.55. The molecule has 1 amide bonds. The Balaban J connectivity index is 1.63. The van der Waals surface area contributed by atoms with E-state index in [-0.39, 0.29) is 31.6 Å². The Morgan fingerprint density at radius 3 is 2.58 bits per heavy atom. The molecule has 0 radical (unpaired) electrons. The van der Waals surface area contributed by atoms with Crippen LogP contribution in [0.5, 0.6) is 0 Å². The minimum Gasteiger partial charge on any atom is -0.480 e. The van der Waals surface area contributed by atoms with Crippen molar-refractivity contribution in [2.24, 2.45) is 5.92 Å². The van der Waals surface area contributed by atoms with Crippen molar-refractivity contribution >= 4 is 11.9 Å². The van der Waals surface area contributed by atoms with Crippen LogP contribution in [0.4, 0.5) is 8.78 Å². The van der Waals surface area contributed by atoms with Crippen molar-refractivity contribution in [3.8, 4) is 0 Å². The van der Waals surface area contributed by atoms with Gasteiger partial charge in [-0.25, -0.2) is 13.6 Å². The highest BCUT2D eigenvalue weighted by Gasteiger charge is 2.38. The van der Waals surface area contributed by atoms with E-state index in [9.17, 15) is 23.5 Å². The number of rotatable bonds is 5. The summed E-state index contributed by atoms with van der Waals surface area (Å²) >= 11 is 0. The molecule has 0 aliphatic heterocycles. The number of carbonyl (C=O) groups excluding carboxylic acids is 1. The number of hydrogen-bond acceptors (Lipinski definition) is 2. The normalized spacial score (nSPS) is 23.7. The second-order valence-electron chi connectivity index (χ2n) is 7.55. The van der Waals surface area contributed by atoms with Gasteiger partial charge in [0.1, 0.15) is 6.04 Å². The molecule has 4 nitrogen and oxygen atoms in total. The molecule has 1 aromatic carbocycles. The number of amides is 1. The first kappa shape index (κ1) is 18.8. The fourth-order valence-electron chi connectivity index (χ4n) is 4.20. The summed E-state index contributed by atoms with van der Waals surface area (Å²) in [4.78, 5) is 24.1. The summed E-state index contributed by atoms with van der Waals surface area (Å²) in [6.45, 7) is 0. The molecule has 6 heteroatoms. The number of nitrogens with one attached hydrogen (secondary N) is 1. The highest BCUT2D eigenvalue weighted by atomic mass is 19.3. The first-order valence-corrected chi connectivity index (χ1v) is 9.34. The third-order valence-corrected chi connectivity index (χ3v) is 5.72. The van der Waals surface area contributed by atoms with Crippen molar-refractivity contribution in [3.05, 3.63) is 35.4 Å². The van der Waals surface area contributed by atoms with Crippen molar-refractivity contribution in [2.75, 3.05) is 0 Å². The van der Waals surface area contributed by atoms with Crippen molar-refractivity contribution in [3.63, 3.8) is 0 Å². The predicted molar refractivity (Wildman–Crippen MR) is 93.2 cm³/mol. The van der Waals surface area contributed by atoms with E-state index in [1.807, 2.05) is 18.2 Å². The van der Waals surface area contributed by atoms with E-state index in [1.54, 1.807) is 0 Å². The van der Waals surface area contributed by atoms with Gasteiger partial charge < -0.3 is 10.4 Å². The van der Waals surface area contributed by atoms with Crippen molar-refractivity contribution in [2.45, 2.75) is 69.2 Å². The summed E-state index contributed by atoms with van der Waals surface area (Å²) in [5.41, 5.74) is 2.41. The van der Waals surface area contributed by atoms with Crippen LogP contribution in [-0.2, 0) is 16.0 Å². The van der Waals surface area contributed by atoms with Gasteiger partial charge in [-0.05, 0) is 55.6 Å². The van der Waals surface area contributed by atoms with E-state index in [4.69, 9.17) is 0 Å². The Labute approximate surface area is 152 Å². The van der Waals surface area contributed by atoms with Crippen molar-refractivity contribution in [1.29, 1.82) is 0 Å². The van der Waals surface area contributed by atoms with Crippen LogP contribution in [0.25, 0.3) is 0 Å². The summed E-state index contributed by atoms with van der Waals surface area (Å²) in [5.74, 6) is -4.60. The van der Waals surface area contributed by atoms with Crippen LogP contribution in [0.3, 0.4) is 0 Å². The van der Waals surface area contributed by atoms with Crippen LogP contribution >= 0.6 is 0 Å². The van der Waals surface area contributed by atoms with Crippen LogP contribution in [0, 0.1) is 5.92 Å². The van der Waals surface area contributed by atoms with E-state index in [1.165, 1.54) is 5.56 Å². The fraction of sp³-hybridized carbons (Fsp3) is 0.600. The Hall–Kier alpha value is -1.98. The van der Waals surface area contributed by atoms with Crippen molar-refractivity contribution < 1.29 is 23.5 Å². The molecule has 2 unspecified atom stereocenters. The molecule has 26 heavy (non-hydrogen) atoms. The van der Waals surface area contributed by atoms with Gasteiger partial charge in [-0.2, -0.15) is 0 Å². The number of carboxylic acids is 1. The Bertz CT molecular complexity index is 667. The van der Waals surface area contributed by atoms with Gasteiger partial charge in [0.2, 0.25) is 11.8 Å². The number of aliphatic carboxylic acids is 1. The van der Waals surface area contributed by atoms with Gasteiger partial charge in [0.15, 0.2) is 0 Å². The van der Waals surface area contributed by atoms with Crippen LogP contribution < -0.4 is 5.32 Å². The SMILES string of the molecule is O=C(NC(CC1CCCc2ccccc21)C(=O)O)C1CCC(F)(F)CC1. The molecule has 2 aliphatic carbocycles. The van der Waals surface area contributed by atoms with Gasteiger partial charge in [0.25, 0.3) is 0 Å². The molecule has 1 aromatic rings. The number of hydrogen-bond donors (Lipinski definition) is 2. The molecule has 3 rings (SSSR count). The summed E-state index contributed by atoms with van der Waals surface area (Å²) in [7, 11) is 0. The van der Waals surface area contributed by atoms with Gasteiger partial charge in [-0.3, -0.25) is 4.79 Å². The zero-order valence-electron chi connectivity index (χ0n) is 14.7. The van der Waals surface area contributed by atoms with Gasteiger partial charge in [0.05, 0.1) is 0 Å². The summed E-state index contributed by atoms with van der Waals surface area (Å²) in [5, 5.41) is 12.2. The average Bonchev–Trinajstić information content (AvgIpc) is 2.61. The smallest absolute Gasteiger partial charge is 0.326 e. The highest BCUT2D eigenvalue weighted by molar-refractivity contribution is 5.85. The average molecular weight is 365 g/mol. The van der Waals surface area contributed by atoms with E-state index in [0.717, 1.165) is 24.8 Å². The maximum atomic E-state index is 13.3.